The zero-order chi connectivity index (χ0) is 18.6. The maximum absolute atomic E-state index is 11.0. The van der Waals surface area contributed by atoms with Crippen LogP contribution in [0.25, 0.3) is 0 Å². The van der Waals surface area contributed by atoms with Crippen molar-refractivity contribution in [3.8, 4) is 0 Å². The minimum atomic E-state index is -0.691. The molecule has 2 aliphatic heterocycles. The molecule has 0 spiro atoms. The number of aliphatic carboxylic acids is 1. The van der Waals surface area contributed by atoms with Crippen LogP contribution in [-0.2, 0) is 4.79 Å². The lowest BCUT2D eigenvalue weighted by Gasteiger charge is -2.45. The van der Waals surface area contributed by atoms with Crippen molar-refractivity contribution in [1.29, 1.82) is 0 Å². The second kappa shape index (κ2) is 8.05. The van der Waals surface area contributed by atoms with E-state index in [4.69, 9.17) is 10.9 Å². The third-order valence-electron chi connectivity index (χ3n) is 5.83. The quantitative estimate of drug-likeness (QED) is 0.351. The smallest absolute Gasteiger partial charge is 0.359 e. The highest BCUT2D eigenvalue weighted by Gasteiger charge is 2.35. The number of hydrogen-bond donors (Lipinski definition) is 2. The van der Waals surface area contributed by atoms with Crippen molar-refractivity contribution in [2.24, 2.45) is 10.9 Å². The van der Waals surface area contributed by atoms with Gasteiger partial charge in [-0.1, -0.05) is 12.1 Å². The largest absolute Gasteiger partial charge is 0.477 e. The van der Waals surface area contributed by atoms with Crippen molar-refractivity contribution < 1.29 is 14.4 Å². The predicted octanol–water partition coefficient (Wildman–Crippen LogP) is 0.795. The number of anilines is 1. The minimum Gasteiger partial charge on any atom is -0.477 e. The fourth-order valence-electron chi connectivity index (χ4n) is 4.23. The Bertz CT molecular complexity index is 630. The van der Waals surface area contributed by atoms with Gasteiger partial charge in [-0.15, -0.1) is 0 Å². The van der Waals surface area contributed by atoms with Gasteiger partial charge in [0.05, 0.1) is 26.4 Å². The number of rotatable bonds is 5. The number of carboxylic acids is 1. The summed E-state index contributed by atoms with van der Waals surface area (Å²) < 4.78 is 0.671. The minimum absolute atomic E-state index is 0.241. The molecule has 0 saturated carbocycles. The average molecular weight is 360 g/mol. The Balaban J connectivity index is 1.49. The van der Waals surface area contributed by atoms with E-state index in [-0.39, 0.29) is 6.54 Å². The summed E-state index contributed by atoms with van der Waals surface area (Å²) in [6.07, 6.45) is 3.84. The monoisotopic (exact) mass is 360 g/mol. The van der Waals surface area contributed by atoms with Crippen LogP contribution < -0.4 is 10.7 Å². The first-order chi connectivity index (χ1) is 12.5. The molecule has 0 amide bonds. The lowest BCUT2D eigenvalue weighted by Crippen LogP contribution is -2.58. The van der Waals surface area contributed by atoms with Gasteiger partial charge in [-0.05, 0) is 17.7 Å². The summed E-state index contributed by atoms with van der Waals surface area (Å²) >= 11 is 0. The standard InChI is InChI=1S/C19H29N5O2/c1-24(15-19(25)26)12-6-18(7-13-24)23-10-8-22(9-11-23)17-4-2-16(3-5-17)14-21-20/h2-5,14,18H,6-13,15,20H2,1H3/p+1. The van der Waals surface area contributed by atoms with E-state index in [0.717, 1.165) is 57.7 Å². The maximum atomic E-state index is 11.0. The molecule has 0 aromatic heterocycles. The van der Waals surface area contributed by atoms with Gasteiger partial charge in [0.2, 0.25) is 0 Å². The number of likely N-dealkylation sites (tertiary alicyclic amines) is 1. The highest BCUT2D eigenvalue weighted by atomic mass is 16.4. The van der Waals surface area contributed by atoms with Gasteiger partial charge in [-0.2, -0.15) is 5.10 Å². The third-order valence-corrected chi connectivity index (χ3v) is 5.83. The van der Waals surface area contributed by atoms with Gasteiger partial charge in [0.15, 0.2) is 6.54 Å². The lowest BCUT2D eigenvalue weighted by atomic mass is 10.00. The van der Waals surface area contributed by atoms with Crippen molar-refractivity contribution in [2.75, 3.05) is 57.8 Å². The van der Waals surface area contributed by atoms with Gasteiger partial charge in [0.25, 0.3) is 0 Å². The average Bonchev–Trinajstić information content (AvgIpc) is 2.63. The van der Waals surface area contributed by atoms with Gasteiger partial charge in [0, 0.05) is 50.7 Å². The van der Waals surface area contributed by atoms with E-state index in [0.29, 0.717) is 10.5 Å². The fourth-order valence-corrected chi connectivity index (χ4v) is 4.23. The summed E-state index contributed by atoms with van der Waals surface area (Å²) in [5.41, 5.74) is 2.26. The molecule has 142 valence electrons. The first-order valence-corrected chi connectivity index (χ1v) is 9.37. The molecule has 3 rings (SSSR count). The van der Waals surface area contributed by atoms with Crippen LogP contribution in [0.5, 0.6) is 0 Å². The van der Waals surface area contributed by atoms with Crippen molar-refractivity contribution in [3.63, 3.8) is 0 Å². The van der Waals surface area contributed by atoms with E-state index in [2.05, 4.69) is 34.1 Å². The molecule has 2 saturated heterocycles. The van der Waals surface area contributed by atoms with Crippen molar-refractivity contribution in [3.05, 3.63) is 29.8 Å². The van der Waals surface area contributed by atoms with Crippen LogP contribution in [0.2, 0.25) is 0 Å². The molecule has 0 unspecified atom stereocenters. The molecule has 2 heterocycles. The van der Waals surface area contributed by atoms with Gasteiger partial charge in [0.1, 0.15) is 0 Å². The number of piperidine rings is 1. The van der Waals surface area contributed by atoms with Gasteiger partial charge < -0.3 is 20.3 Å². The zero-order valence-corrected chi connectivity index (χ0v) is 15.5. The second-order valence-electron chi connectivity index (χ2n) is 7.74. The molecule has 1 aromatic carbocycles. The molecule has 26 heavy (non-hydrogen) atoms. The lowest BCUT2D eigenvalue weighted by molar-refractivity contribution is -0.907. The summed E-state index contributed by atoms with van der Waals surface area (Å²) in [4.78, 5) is 16.1. The second-order valence-corrected chi connectivity index (χ2v) is 7.74. The number of carboxylic acid groups (broad SMARTS) is 1. The Kier molecular flexibility index (Phi) is 5.78. The van der Waals surface area contributed by atoms with Crippen molar-refractivity contribution in [2.45, 2.75) is 18.9 Å². The number of hydrogen-bond acceptors (Lipinski definition) is 5. The van der Waals surface area contributed by atoms with Gasteiger partial charge >= 0.3 is 5.97 Å². The molecular weight excluding hydrogens is 330 g/mol. The molecule has 0 radical (unpaired) electrons. The van der Waals surface area contributed by atoms with Crippen molar-refractivity contribution >= 4 is 17.9 Å². The van der Waals surface area contributed by atoms with Crippen LogP contribution >= 0.6 is 0 Å². The Morgan fingerprint density at radius 2 is 1.85 bits per heavy atom. The number of quaternary nitrogens is 1. The predicted molar refractivity (Wildman–Crippen MR) is 103 cm³/mol. The first-order valence-electron chi connectivity index (χ1n) is 9.37. The maximum Gasteiger partial charge on any atom is 0.359 e. The summed E-state index contributed by atoms with van der Waals surface area (Å²) in [6.45, 7) is 6.36. The van der Waals surface area contributed by atoms with Crippen LogP contribution in [0.4, 0.5) is 5.69 Å². The number of piperazine rings is 1. The molecular formula is C19H30N5O2+. The number of nitrogens with zero attached hydrogens (tertiary/aromatic N) is 4. The van der Waals surface area contributed by atoms with Gasteiger partial charge in [-0.3, -0.25) is 4.90 Å². The Hall–Kier alpha value is -2.12. The normalized spacial score (nSPS) is 27.7. The summed E-state index contributed by atoms with van der Waals surface area (Å²) in [7, 11) is 2.07. The molecule has 0 atom stereocenters. The molecule has 2 aliphatic rings. The van der Waals surface area contributed by atoms with E-state index in [1.54, 1.807) is 6.21 Å². The van der Waals surface area contributed by atoms with Crippen LogP contribution in [-0.4, -0.2) is 85.6 Å². The Labute approximate surface area is 155 Å². The highest BCUT2D eigenvalue weighted by Crippen LogP contribution is 2.24. The highest BCUT2D eigenvalue weighted by molar-refractivity contribution is 5.80. The number of benzene rings is 1. The van der Waals surface area contributed by atoms with E-state index in [1.165, 1.54) is 5.69 Å². The van der Waals surface area contributed by atoms with Crippen LogP contribution in [0.3, 0.4) is 0 Å². The van der Waals surface area contributed by atoms with Gasteiger partial charge in [-0.25, -0.2) is 4.79 Å². The Morgan fingerprint density at radius 1 is 1.23 bits per heavy atom. The van der Waals surface area contributed by atoms with E-state index >= 15 is 0 Å². The summed E-state index contributed by atoms with van der Waals surface area (Å²) in [6, 6.07) is 8.94. The molecule has 7 nitrogen and oxygen atoms in total. The summed E-state index contributed by atoms with van der Waals surface area (Å²) in [5, 5.41) is 12.6. The Morgan fingerprint density at radius 3 is 2.38 bits per heavy atom. The molecule has 1 aromatic rings. The number of nitrogens with two attached hydrogens (primary N) is 1. The van der Waals surface area contributed by atoms with E-state index < -0.39 is 5.97 Å². The van der Waals surface area contributed by atoms with E-state index in [1.807, 2.05) is 12.1 Å². The number of carbonyl (C=O) groups is 1. The van der Waals surface area contributed by atoms with E-state index in [9.17, 15) is 4.79 Å². The van der Waals surface area contributed by atoms with Crippen molar-refractivity contribution in [1.82, 2.24) is 4.90 Å². The first kappa shape index (κ1) is 18.7. The topological polar surface area (TPSA) is 82.2 Å². The fraction of sp³-hybridized carbons (Fsp3) is 0.579. The SMILES string of the molecule is C[N+]1(CC(=O)O)CCC(N2CCN(c3ccc(C=NN)cc3)CC2)CC1. The number of likely N-dealkylation sites (N-methyl/N-ethyl adjacent to an activating group) is 1. The van der Waals surface area contributed by atoms with Crippen LogP contribution in [0, 0.1) is 0 Å². The zero-order valence-electron chi connectivity index (χ0n) is 15.5. The molecule has 2 fully saturated rings. The van der Waals surface area contributed by atoms with Crippen LogP contribution in [0.15, 0.2) is 29.4 Å². The molecule has 0 aliphatic carbocycles. The molecule has 0 bridgehead atoms. The molecule has 7 heteroatoms. The van der Waals surface area contributed by atoms with Crippen LogP contribution in [0.1, 0.15) is 18.4 Å². The third kappa shape index (κ3) is 4.53. The molecule has 3 N–H and O–H groups in total. The summed E-state index contributed by atoms with van der Waals surface area (Å²) in [5.74, 6) is 4.50. The number of hydrazone groups is 1.